The summed E-state index contributed by atoms with van der Waals surface area (Å²) in [7, 11) is -2.84. The summed E-state index contributed by atoms with van der Waals surface area (Å²) in [4.78, 5) is 38.7. The van der Waals surface area contributed by atoms with Gasteiger partial charge in [0.15, 0.2) is 15.9 Å². The van der Waals surface area contributed by atoms with Crippen molar-refractivity contribution in [2.24, 2.45) is 11.3 Å². The number of nitrogens with two attached hydrogens (primary N) is 1. The number of benzene rings is 3. The van der Waals surface area contributed by atoms with Gasteiger partial charge in [0.2, 0.25) is 5.95 Å². The van der Waals surface area contributed by atoms with Crippen LogP contribution in [-0.4, -0.2) is 69.3 Å². The highest BCUT2D eigenvalue weighted by Crippen LogP contribution is 2.47. The van der Waals surface area contributed by atoms with Crippen molar-refractivity contribution in [3.05, 3.63) is 131 Å². The highest BCUT2D eigenvalue weighted by Gasteiger charge is 2.41. The molecule has 0 fully saturated rings. The largest absolute Gasteiger partial charge is 0.468 e. The quantitative estimate of drug-likeness (QED) is 0.0220. The summed E-state index contributed by atoms with van der Waals surface area (Å²) in [6.07, 6.45) is 6.10. The van der Waals surface area contributed by atoms with E-state index in [-0.39, 0.29) is 53.7 Å². The fourth-order valence-electron chi connectivity index (χ4n) is 6.60. The summed E-state index contributed by atoms with van der Waals surface area (Å²) in [6, 6.07) is 28.8. The number of carbonyl (C=O) groups excluding carboxylic acids is 2. The van der Waals surface area contributed by atoms with Crippen LogP contribution < -0.4 is 10.8 Å². The van der Waals surface area contributed by atoms with Gasteiger partial charge in [-0.15, -0.1) is 0 Å². The molecule has 5 aromatic rings. The Balaban J connectivity index is 1.09. The first-order valence-corrected chi connectivity index (χ1v) is 21.3. The lowest BCUT2D eigenvalue weighted by Gasteiger charge is -2.38. The van der Waals surface area contributed by atoms with Gasteiger partial charge in [0, 0.05) is 11.7 Å². The van der Waals surface area contributed by atoms with Crippen LogP contribution in [0.1, 0.15) is 49.9 Å². The molecule has 16 heteroatoms. The molecular weight excluding hydrogens is 787 g/mol. The van der Waals surface area contributed by atoms with Crippen molar-refractivity contribution in [3.63, 3.8) is 0 Å². The number of esters is 1. The van der Waals surface area contributed by atoms with Crippen molar-refractivity contribution < 1.29 is 32.7 Å². The van der Waals surface area contributed by atoms with Gasteiger partial charge < -0.3 is 19.8 Å². The van der Waals surface area contributed by atoms with Gasteiger partial charge in [-0.25, -0.2) is 14.6 Å². The zero-order chi connectivity index (χ0) is 40.6. The molecule has 0 spiro atoms. The predicted octanol–water partition coefficient (Wildman–Crippen LogP) is 7.77. The smallest absolute Gasteiger partial charge is 0.406 e. The van der Waals surface area contributed by atoms with Gasteiger partial charge in [0.25, 0.3) is 0 Å². The maximum Gasteiger partial charge on any atom is 0.406 e. The molecule has 0 amide bonds. The standard InChI is InChI=1S/C41H46ClN6O7PS/c1-28(37(49)52-4)47-56(51,55-25-29-20-21-33(24-29)48-27-44-34-35(42)45-39(43)46-36(34)48)54-22-23-57-38(50)40(2,3)26-53-41(30-14-8-5-9-15-30,31-16-10-6-11-17-31)32-18-12-7-13-19-32/h5-21,27-29,33H,22-26H2,1-4H3,(H,47,51)(H2,43,45,46)/t28-,29+,33-,56?/m0/s1. The molecule has 0 radical (unpaired) electrons. The monoisotopic (exact) mass is 832 g/mol. The number of hydrogen-bond acceptors (Lipinski definition) is 12. The summed E-state index contributed by atoms with van der Waals surface area (Å²) in [6.45, 7) is 5.18. The molecule has 2 heterocycles. The van der Waals surface area contributed by atoms with E-state index in [1.807, 2.05) is 122 Å². The second-order valence-corrected chi connectivity index (χ2v) is 17.4. The average Bonchev–Trinajstić information content (AvgIpc) is 3.87. The fourth-order valence-corrected chi connectivity index (χ4v) is 9.27. The molecule has 4 atom stereocenters. The van der Waals surface area contributed by atoms with E-state index in [1.54, 1.807) is 6.33 Å². The zero-order valence-electron chi connectivity index (χ0n) is 32.1. The second kappa shape index (κ2) is 18.5. The van der Waals surface area contributed by atoms with Gasteiger partial charge >= 0.3 is 13.7 Å². The fraction of sp³-hybridized carbons (Fsp3) is 0.341. The van der Waals surface area contributed by atoms with E-state index in [9.17, 15) is 14.2 Å². The number of ether oxygens (including phenoxy) is 2. The number of halogens is 1. The molecule has 0 saturated carbocycles. The number of anilines is 1. The van der Waals surface area contributed by atoms with E-state index in [1.165, 1.54) is 14.0 Å². The predicted molar refractivity (Wildman–Crippen MR) is 222 cm³/mol. The van der Waals surface area contributed by atoms with Crippen molar-refractivity contribution in [3.8, 4) is 0 Å². The first-order valence-electron chi connectivity index (χ1n) is 18.4. The number of nitrogen functional groups attached to an aromatic ring is 1. The van der Waals surface area contributed by atoms with Crippen molar-refractivity contribution >= 4 is 59.3 Å². The number of rotatable bonds is 18. The highest BCUT2D eigenvalue weighted by atomic mass is 35.5. The van der Waals surface area contributed by atoms with Crippen LogP contribution in [0.5, 0.6) is 0 Å². The summed E-state index contributed by atoms with van der Waals surface area (Å²) >= 11 is 7.26. The maximum absolute atomic E-state index is 14.1. The number of hydrogen-bond donors (Lipinski definition) is 2. The third kappa shape index (κ3) is 9.84. The number of carbonyl (C=O) groups is 2. The van der Waals surface area contributed by atoms with Gasteiger partial charge in [-0.3, -0.25) is 18.6 Å². The lowest BCUT2D eigenvalue weighted by molar-refractivity contribution is -0.142. The first-order chi connectivity index (χ1) is 27.3. The van der Waals surface area contributed by atoms with Crippen molar-refractivity contribution in [2.75, 3.05) is 38.4 Å². The summed E-state index contributed by atoms with van der Waals surface area (Å²) in [5.74, 6) is -0.606. The Morgan fingerprint density at radius 2 is 1.56 bits per heavy atom. The minimum atomic E-state index is -4.07. The Hall–Kier alpha value is -4.40. The molecule has 3 aromatic carbocycles. The van der Waals surface area contributed by atoms with Crippen LogP contribution >= 0.6 is 31.1 Å². The van der Waals surface area contributed by atoms with Crippen LogP contribution in [0, 0.1) is 11.3 Å². The molecule has 0 aliphatic heterocycles. The lowest BCUT2D eigenvalue weighted by Crippen LogP contribution is -2.38. The number of methoxy groups -OCH3 is 1. The molecular formula is C41H46ClN6O7PS. The van der Waals surface area contributed by atoms with E-state index in [0.29, 0.717) is 17.6 Å². The molecule has 1 unspecified atom stereocenters. The minimum Gasteiger partial charge on any atom is -0.468 e. The van der Waals surface area contributed by atoms with E-state index >= 15 is 0 Å². The van der Waals surface area contributed by atoms with Crippen LogP contribution in [0.2, 0.25) is 5.15 Å². The van der Waals surface area contributed by atoms with Crippen LogP contribution in [0.3, 0.4) is 0 Å². The third-order valence-corrected chi connectivity index (χ3v) is 12.8. The van der Waals surface area contributed by atoms with Gasteiger partial charge in [-0.2, -0.15) is 9.97 Å². The molecule has 0 saturated heterocycles. The molecule has 1 aliphatic carbocycles. The van der Waals surface area contributed by atoms with E-state index in [0.717, 1.165) is 28.5 Å². The molecule has 0 bridgehead atoms. The Labute approximate surface area is 341 Å². The molecule has 1 aliphatic rings. The normalized spacial score (nSPS) is 17.4. The number of nitrogens with one attached hydrogen (secondary N) is 1. The maximum atomic E-state index is 14.1. The molecule has 13 nitrogen and oxygen atoms in total. The van der Waals surface area contributed by atoms with Gasteiger partial charge in [-0.05, 0) is 43.9 Å². The minimum absolute atomic E-state index is 0.0120. The average molecular weight is 833 g/mol. The topological polar surface area (TPSA) is 170 Å². The number of thioether (sulfide) groups is 1. The van der Waals surface area contributed by atoms with Gasteiger partial charge in [0.1, 0.15) is 17.2 Å². The van der Waals surface area contributed by atoms with Gasteiger partial charge in [0.05, 0.1) is 44.7 Å². The van der Waals surface area contributed by atoms with Crippen molar-refractivity contribution in [2.45, 2.75) is 44.9 Å². The van der Waals surface area contributed by atoms with Crippen LogP contribution in [0.15, 0.2) is 109 Å². The third-order valence-electron chi connectivity index (χ3n) is 9.59. The van der Waals surface area contributed by atoms with E-state index in [2.05, 4.69) is 20.0 Å². The van der Waals surface area contributed by atoms with Crippen molar-refractivity contribution in [1.82, 2.24) is 24.6 Å². The number of nitrogens with zero attached hydrogens (tertiary/aromatic N) is 4. The Morgan fingerprint density at radius 1 is 0.965 bits per heavy atom. The number of aromatic nitrogens is 4. The number of allylic oxidation sites excluding steroid dienone is 1. The van der Waals surface area contributed by atoms with Gasteiger partial charge in [-0.1, -0.05) is 127 Å². The Bertz CT molecular complexity index is 2130. The first kappa shape index (κ1) is 42.2. The number of fused-ring (bicyclic) bond motifs is 1. The molecule has 57 heavy (non-hydrogen) atoms. The van der Waals surface area contributed by atoms with E-state index < -0.39 is 30.8 Å². The SMILES string of the molecule is COC(=O)[C@H](C)NP(=O)(OCCSC(=O)C(C)(C)COC(c1ccccc1)(c1ccccc1)c1ccccc1)OC[C@@H]1C=C[C@H](n2cnc3c(Cl)nc(N)nc32)C1. The van der Waals surface area contributed by atoms with Crippen molar-refractivity contribution in [1.29, 1.82) is 0 Å². The summed E-state index contributed by atoms with van der Waals surface area (Å²) < 4.78 is 39.4. The zero-order valence-corrected chi connectivity index (χ0v) is 34.6. The second-order valence-electron chi connectivity index (χ2n) is 14.2. The van der Waals surface area contributed by atoms with Crippen LogP contribution in [0.25, 0.3) is 11.2 Å². The number of imidazole rings is 1. The van der Waals surface area contributed by atoms with E-state index in [4.69, 9.17) is 35.9 Å². The van der Waals surface area contributed by atoms with Crippen LogP contribution in [-0.2, 0) is 38.3 Å². The Morgan fingerprint density at radius 3 is 2.14 bits per heavy atom. The summed E-state index contributed by atoms with van der Waals surface area (Å²) in [5.41, 5.74) is 7.63. The lowest BCUT2D eigenvalue weighted by atomic mass is 9.79. The summed E-state index contributed by atoms with van der Waals surface area (Å²) in [5, 5.41) is 2.71. The molecule has 2 aromatic heterocycles. The van der Waals surface area contributed by atoms with Crippen LogP contribution in [0.4, 0.5) is 5.95 Å². The Kier molecular flexibility index (Phi) is 13.7. The molecule has 300 valence electrons. The molecule has 6 rings (SSSR count). The molecule has 3 N–H and O–H groups in total. The highest BCUT2D eigenvalue weighted by molar-refractivity contribution is 8.13.